The van der Waals surface area contributed by atoms with Gasteiger partial charge < -0.3 is 10.1 Å². The summed E-state index contributed by atoms with van der Waals surface area (Å²) in [4.78, 5) is 37.1. The molecule has 28 heavy (non-hydrogen) atoms. The van der Waals surface area contributed by atoms with Crippen molar-refractivity contribution in [3.8, 4) is 0 Å². The van der Waals surface area contributed by atoms with E-state index in [4.69, 9.17) is 4.74 Å². The smallest absolute Gasteiger partial charge is 0.325 e. The predicted octanol–water partition coefficient (Wildman–Crippen LogP) is 3.36. The molecule has 5 nitrogen and oxygen atoms in total. The molecule has 1 aromatic carbocycles. The number of amides is 1. The number of ether oxygens (including phenoxy) is 1. The molecule has 1 amide bonds. The second-order valence-electron chi connectivity index (χ2n) is 9.26. The van der Waals surface area contributed by atoms with Crippen LogP contribution in [0, 0.1) is 37.0 Å². The van der Waals surface area contributed by atoms with Gasteiger partial charge in [-0.3, -0.25) is 14.4 Å². The summed E-state index contributed by atoms with van der Waals surface area (Å²) in [6.45, 7) is 3.54. The highest BCUT2D eigenvalue weighted by molar-refractivity contribution is 5.96. The van der Waals surface area contributed by atoms with Crippen molar-refractivity contribution in [1.82, 2.24) is 5.32 Å². The first-order valence-corrected chi connectivity index (χ1v) is 10.4. The minimum absolute atomic E-state index is 0.0837. The van der Waals surface area contributed by atoms with Crippen LogP contribution < -0.4 is 5.32 Å². The number of hydrogen-bond acceptors (Lipinski definition) is 4. The lowest BCUT2D eigenvalue weighted by Gasteiger charge is -2.55. The topological polar surface area (TPSA) is 72.5 Å². The summed E-state index contributed by atoms with van der Waals surface area (Å²) in [7, 11) is 0. The van der Waals surface area contributed by atoms with E-state index in [1.165, 1.54) is 19.3 Å². The third kappa shape index (κ3) is 3.71. The van der Waals surface area contributed by atoms with Gasteiger partial charge in [0, 0.05) is 11.0 Å². The van der Waals surface area contributed by atoms with E-state index in [1.807, 2.05) is 19.9 Å². The second kappa shape index (κ2) is 7.34. The Bertz CT molecular complexity index is 778. The number of aryl methyl sites for hydroxylation is 2. The summed E-state index contributed by atoms with van der Waals surface area (Å²) >= 11 is 0. The molecule has 4 saturated carbocycles. The molecule has 0 unspecified atom stereocenters. The number of carbonyl (C=O) groups is 3. The zero-order valence-corrected chi connectivity index (χ0v) is 16.8. The molecule has 0 aromatic heterocycles. The van der Waals surface area contributed by atoms with E-state index in [2.05, 4.69) is 5.32 Å². The van der Waals surface area contributed by atoms with Crippen molar-refractivity contribution in [2.45, 2.75) is 52.4 Å². The van der Waals surface area contributed by atoms with Crippen LogP contribution in [-0.4, -0.2) is 30.8 Å². The highest BCUT2D eigenvalue weighted by Gasteiger charge is 2.54. The van der Waals surface area contributed by atoms with E-state index >= 15 is 0 Å². The fraction of sp³-hybridized carbons (Fsp3) is 0.609. The van der Waals surface area contributed by atoms with Crippen molar-refractivity contribution in [2.24, 2.45) is 23.2 Å². The van der Waals surface area contributed by atoms with Crippen LogP contribution in [0.25, 0.3) is 0 Å². The van der Waals surface area contributed by atoms with Crippen LogP contribution in [0.15, 0.2) is 18.2 Å². The van der Waals surface area contributed by atoms with Gasteiger partial charge in [0.2, 0.25) is 0 Å². The average molecular weight is 383 g/mol. The van der Waals surface area contributed by atoms with Crippen molar-refractivity contribution in [3.05, 3.63) is 34.9 Å². The highest BCUT2D eigenvalue weighted by Crippen LogP contribution is 2.60. The van der Waals surface area contributed by atoms with Gasteiger partial charge in [0.15, 0.2) is 12.4 Å². The highest BCUT2D eigenvalue weighted by atomic mass is 16.5. The fourth-order valence-corrected chi connectivity index (χ4v) is 5.94. The van der Waals surface area contributed by atoms with Crippen LogP contribution in [0.5, 0.6) is 0 Å². The molecule has 0 aliphatic heterocycles. The molecule has 4 aliphatic carbocycles. The standard InChI is InChI=1S/C23H29NO4/c1-14-3-4-19(5-15(14)2)22(27)24-12-21(26)28-13-20(25)23-9-16-6-17(10-23)8-18(7-16)11-23/h3-5,16-18H,6-13H2,1-2H3,(H,24,27). The van der Waals surface area contributed by atoms with Crippen molar-refractivity contribution in [1.29, 1.82) is 0 Å². The maximum Gasteiger partial charge on any atom is 0.325 e. The summed E-state index contributed by atoms with van der Waals surface area (Å²) in [6.07, 6.45) is 6.74. The van der Waals surface area contributed by atoms with E-state index in [0.29, 0.717) is 23.3 Å². The number of Topliss-reactive ketones (excluding diaryl/α,β-unsaturated/α-hetero) is 1. The van der Waals surface area contributed by atoms with Crippen LogP contribution in [0.2, 0.25) is 0 Å². The Morgan fingerprint density at radius 3 is 2.18 bits per heavy atom. The fourth-order valence-electron chi connectivity index (χ4n) is 5.94. The Morgan fingerprint density at radius 1 is 1.00 bits per heavy atom. The van der Waals surface area contributed by atoms with Gasteiger partial charge in [0.25, 0.3) is 5.91 Å². The number of rotatable bonds is 6. The predicted molar refractivity (Wildman–Crippen MR) is 105 cm³/mol. The largest absolute Gasteiger partial charge is 0.456 e. The maximum atomic E-state index is 12.9. The van der Waals surface area contributed by atoms with Crippen LogP contribution >= 0.6 is 0 Å². The van der Waals surface area contributed by atoms with Crippen LogP contribution in [0.4, 0.5) is 0 Å². The number of nitrogens with one attached hydrogen (secondary N) is 1. The third-order valence-electron chi connectivity index (χ3n) is 7.16. The Hall–Kier alpha value is -2.17. The maximum absolute atomic E-state index is 12.9. The summed E-state index contributed by atoms with van der Waals surface area (Å²) in [5.74, 6) is 1.26. The van der Waals surface area contributed by atoms with Crippen LogP contribution in [0.3, 0.4) is 0 Å². The van der Waals surface area contributed by atoms with Crippen molar-refractivity contribution in [2.75, 3.05) is 13.2 Å². The van der Waals surface area contributed by atoms with Crippen LogP contribution in [0.1, 0.15) is 60.0 Å². The number of carbonyl (C=O) groups excluding carboxylic acids is 3. The van der Waals surface area contributed by atoms with Gasteiger partial charge in [0.05, 0.1) is 0 Å². The number of ketones is 1. The molecule has 0 radical (unpaired) electrons. The SMILES string of the molecule is Cc1ccc(C(=O)NCC(=O)OCC(=O)C23CC4CC(CC(C4)C2)C3)cc1C. The van der Waals surface area contributed by atoms with Crippen molar-refractivity contribution < 1.29 is 19.1 Å². The van der Waals surface area contributed by atoms with E-state index in [-0.39, 0.29) is 30.3 Å². The van der Waals surface area contributed by atoms with Gasteiger partial charge >= 0.3 is 5.97 Å². The molecule has 0 spiro atoms. The monoisotopic (exact) mass is 383 g/mol. The summed E-state index contributed by atoms with van der Waals surface area (Å²) in [5.41, 5.74) is 2.40. The molecule has 5 rings (SSSR count). The lowest BCUT2D eigenvalue weighted by Crippen LogP contribution is -2.51. The zero-order chi connectivity index (χ0) is 19.9. The molecule has 4 aliphatic rings. The molecule has 150 valence electrons. The molecule has 4 fully saturated rings. The molecular weight excluding hydrogens is 354 g/mol. The Labute approximate surface area is 166 Å². The normalized spacial score (nSPS) is 30.1. The average Bonchev–Trinajstić information content (AvgIpc) is 2.65. The number of esters is 1. The second-order valence-corrected chi connectivity index (χ2v) is 9.26. The minimum atomic E-state index is -0.560. The molecule has 1 N–H and O–H groups in total. The lowest BCUT2D eigenvalue weighted by atomic mass is 9.48. The quantitative estimate of drug-likeness (QED) is 0.765. The van der Waals surface area contributed by atoms with Gasteiger partial charge in [-0.15, -0.1) is 0 Å². The molecule has 0 saturated heterocycles. The molecular formula is C23H29NO4. The van der Waals surface area contributed by atoms with Gasteiger partial charge in [-0.05, 0) is 93.4 Å². The molecule has 1 aromatic rings. The first kappa shape index (κ1) is 19.2. The number of hydrogen-bond donors (Lipinski definition) is 1. The first-order valence-electron chi connectivity index (χ1n) is 10.4. The van der Waals surface area contributed by atoms with Crippen LogP contribution in [-0.2, 0) is 14.3 Å². The Kier molecular flexibility index (Phi) is 5.02. The summed E-state index contributed by atoms with van der Waals surface area (Å²) in [6, 6.07) is 5.42. The summed E-state index contributed by atoms with van der Waals surface area (Å²) in [5, 5.41) is 2.58. The van der Waals surface area contributed by atoms with Gasteiger partial charge in [-0.25, -0.2) is 0 Å². The minimum Gasteiger partial charge on any atom is -0.456 e. The molecule has 0 heterocycles. The Morgan fingerprint density at radius 2 is 1.61 bits per heavy atom. The number of benzene rings is 1. The van der Waals surface area contributed by atoms with Gasteiger partial charge in [-0.1, -0.05) is 6.07 Å². The van der Waals surface area contributed by atoms with Gasteiger partial charge in [-0.2, -0.15) is 0 Å². The molecule has 5 heteroatoms. The van der Waals surface area contributed by atoms with E-state index in [9.17, 15) is 14.4 Å². The van der Waals surface area contributed by atoms with Crippen molar-refractivity contribution >= 4 is 17.7 Å². The van der Waals surface area contributed by atoms with E-state index in [1.54, 1.807) is 12.1 Å². The van der Waals surface area contributed by atoms with Gasteiger partial charge in [0.1, 0.15) is 6.54 Å². The summed E-state index contributed by atoms with van der Waals surface area (Å²) < 4.78 is 5.22. The Balaban J connectivity index is 1.26. The molecule has 4 bridgehead atoms. The first-order chi connectivity index (χ1) is 13.3. The molecule has 0 atom stereocenters. The van der Waals surface area contributed by atoms with Crippen molar-refractivity contribution in [3.63, 3.8) is 0 Å². The van der Waals surface area contributed by atoms with E-state index < -0.39 is 5.97 Å². The third-order valence-corrected chi connectivity index (χ3v) is 7.16. The van der Waals surface area contributed by atoms with E-state index in [0.717, 1.165) is 30.4 Å². The lowest BCUT2D eigenvalue weighted by molar-refractivity contribution is -0.157. The zero-order valence-electron chi connectivity index (χ0n) is 16.8.